The van der Waals surface area contributed by atoms with Crippen molar-refractivity contribution in [2.75, 3.05) is 6.26 Å². The van der Waals surface area contributed by atoms with Crippen molar-refractivity contribution >= 4 is 11.8 Å². The molecule has 0 fully saturated rings. The number of rotatable bonds is 3. The summed E-state index contributed by atoms with van der Waals surface area (Å²) >= 11 is 1.51. The van der Waals surface area contributed by atoms with Gasteiger partial charge in [0, 0.05) is 4.91 Å². The molecule has 0 amide bonds. The van der Waals surface area contributed by atoms with Crippen LogP contribution in [0.4, 0.5) is 0 Å². The fourth-order valence-corrected chi connectivity index (χ4v) is 0.614. The SMILES string of the molecule is C=CC(C#N)=CC(=C)SC. The van der Waals surface area contributed by atoms with Crippen LogP contribution < -0.4 is 0 Å². The smallest absolute Gasteiger partial charge is 0.0991 e. The first-order valence-corrected chi connectivity index (χ1v) is 3.94. The van der Waals surface area contributed by atoms with Crippen molar-refractivity contribution in [1.82, 2.24) is 0 Å². The molecule has 52 valence electrons. The first-order chi connectivity index (χ1) is 4.74. The highest BCUT2D eigenvalue weighted by Crippen LogP contribution is 2.12. The second-order valence-electron chi connectivity index (χ2n) is 1.59. The van der Waals surface area contributed by atoms with Gasteiger partial charge in [-0.2, -0.15) is 5.26 Å². The summed E-state index contributed by atoms with van der Waals surface area (Å²) in [6.45, 7) is 7.17. The van der Waals surface area contributed by atoms with E-state index in [-0.39, 0.29) is 0 Å². The van der Waals surface area contributed by atoms with E-state index in [2.05, 4.69) is 13.2 Å². The molecule has 0 unspecified atom stereocenters. The molecule has 2 heteroatoms. The number of thioether (sulfide) groups is 1. The van der Waals surface area contributed by atoms with Crippen LogP contribution in [0.25, 0.3) is 0 Å². The molecular formula is C8H9NS. The number of nitrogens with zero attached hydrogens (tertiary/aromatic N) is 1. The summed E-state index contributed by atoms with van der Waals surface area (Å²) in [6, 6.07) is 1.99. The summed E-state index contributed by atoms with van der Waals surface area (Å²) < 4.78 is 0. The monoisotopic (exact) mass is 151 g/mol. The van der Waals surface area contributed by atoms with Gasteiger partial charge in [-0.25, -0.2) is 0 Å². The number of hydrogen-bond acceptors (Lipinski definition) is 2. The average Bonchev–Trinajstić information content (AvgIpc) is 1.99. The quantitative estimate of drug-likeness (QED) is 0.457. The van der Waals surface area contributed by atoms with E-state index in [1.165, 1.54) is 17.8 Å². The Bertz CT molecular complexity index is 208. The molecule has 0 aliphatic heterocycles. The van der Waals surface area contributed by atoms with Crippen molar-refractivity contribution in [3.8, 4) is 6.07 Å². The third-order valence-electron chi connectivity index (χ3n) is 0.928. The molecule has 0 bridgehead atoms. The average molecular weight is 151 g/mol. The summed E-state index contributed by atoms with van der Waals surface area (Å²) in [5.74, 6) is 0. The molecule has 0 saturated heterocycles. The van der Waals surface area contributed by atoms with Gasteiger partial charge >= 0.3 is 0 Å². The van der Waals surface area contributed by atoms with Gasteiger partial charge in [0.05, 0.1) is 11.6 Å². The molecule has 0 N–H and O–H groups in total. The summed E-state index contributed by atoms with van der Waals surface area (Å²) in [5.41, 5.74) is 0.555. The van der Waals surface area contributed by atoms with Gasteiger partial charge in [0.25, 0.3) is 0 Å². The lowest BCUT2D eigenvalue weighted by atomic mass is 10.3. The third-order valence-corrected chi connectivity index (χ3v) is 1.57. The molecule has 0 aromatic heterocycles. The van der Waals surface area contributed by atoms with Crippen molar-refractivity contribution < 1.29 is 0 Å². The second-order valence-corrected chi connectivity index (χ2v) is 2.52. The van der Waals surface area contributed by atoms with Gasteiger partial charge in [0.1, 0.15) is 0 Å². The Hall–Kier alpha value is -0.940. The Morgan fingerprint density at radius 2 is 2.30 bits per heavy atom. The van der Waals surface area contributed by atoms with E-state index < -0.39 is 0 Å². The van der Waals surface area contributed by atoms with Gasteiger partial charge in [-0.15, -0.1) is 11.8 Å². The second kappa shape index (κ2) is 4.89. The number of allylic oxidation sites excluding steroid dienone is 3. The molecule has 1 nitrogen and oxygen atoms in total. The van der Waals surface area contributed by atoms with Crippen LogP contribution >= 0.6 is 11.8 Å². The fraction of sp³-hybridized carbons (Fsp3) is 0.125. The molecule has 0 spiro atoms. The first kappa shape index (κ1) is 9.06. The molecule has 0 aromatic rings. The summed E-state index contributed by atoms with van der Waals surface area (Å²) in [6.07, 6.45) is 5.13. The molecule has 0 rings (SSSR count). The minimum absolute atomic E-state index is 0.555. The van der Waals surface area contributed by atoms with E-state index in [9.17, 15) is 0 Å². The molecule has 0 saturated carbocycles. The predicted molar refractivity (Wildman–Crippen MR) is 46.5 cm³/mol. The minimum atomic E-state index is 0.555. The predicted octanol–water partition coefficient (Wildman–Crippen LogP) is 2.50. The molecule has 10 heavy (non-hydrogen) atoms. The van der Waals surface area contributed by atoms with E-state index in [1.807, 2.05) is 12.3 Å². The van der Waals surface area contributed by atoms with Crippen LogP contribution in [0.5, 0.6) is 0 Å². The third kappa shape index (κ3) is 3.16. The molecule has 0 aliphatic carbocycles. The van der Waals surface area contributed by atoms with Gasteiger partial charge in [-0.3, -0.25) is 0 Å². The lowest BCUT2D eigenvalue weighted by Gasteiger charge is -1.90. The van der Waals surface area contributed by atoms with Crippen LogP contribution in [0, 0.1) is 11.3 Å². The highest BCUT2D eigenvalue weighted by atomic mass is 32.2. The van der Waals surface area contributed by atoms with Gasteiger partial charge in [-0.05, 0) is 12.3 Å². The Morgan fingerprint density at radius 1 is 1.70 bits per heavy atom. The number of nitriles is 1. The van der Waals surface area contributed by atoms with E-state index in [0.717, 1.165) is 4.91 Å². The number of hydrogen-bond donors (Lipinski definition) is 0. The van der Waals surface area contributed by atoms with Gasteiger partial charge < -0.3 is 0 Å². The zero-order chi connectivity index (χ0) is 7.98. The van der Waals surface area contributed by atoms with Crippen LogP contribution in [-0.2, 0) is 0 Å². The van der Waals surface area contributed by atoms with E-state index in [0.29, 0.717) is 5.57 Å². The van der Waals surface area contributed by atoms with Crippen LogP contribution in [0.1, 0.15) is 0 Å². The molecule has 0 aromatic carbocycles. The van der Waals surface area contributed by atoms with Crippen LogP contribution in [0.2, 0.25) is 0 Å². The molecule has 0 radical (unpaired) electrons. The van der Waals surface area contributed by atoms with Crippen LogP contribution in [-0.4, -0.2) is 6.26 Å². The summed E-state index contributed by atoms with van der Waals surface area (Å²) in [5, 5.41) is 8.43. The van der Waals surface area contributed by atoms with Gasteiger partial charge in [0.15, 0.2) is 0 Å². The maximum atomic E-state index is 8.43. The maximum absolute atomic E-state index is 8.43. The summed E-state index contributed by atoms with van der Waals surface area (Å²) in [7, 11) is 0. The van der Waals surface area contributed by atoms with Crippen molar-refractivity contribution in [3.05, 3.63) is 35.8 Å². The van der Waals surface area contributed by atoms with Crippen LogP contribution in [0.3, 0.4) is 0 Å². The Kier molecular flexibility index (Phi) is 4.43. The normalized spacial score (nSPS) is 10.2. The molecule has 0 atom stereocenters. The molecular weight excluding hydrogens is 142 g/mol. The topological polar surface area (TPSA) is 23.8 Å². The standard InChI is InChI=1S/C8H9NS/c1-4-8(6-9)5-7(2)10-3/h4-5H,1-2H2,3H3. The molecule has 0 heterocycles. The van der Waals surface area contributed by atoms with E-state index >= 15 is 0 Å². The highest BCUT2D eigenvalue weighted by molar-refractivity contribution is 8.02. The van der Waals surface area contributed by atoms with E-state index in [4.69, 9.17) is 5.26 Å². The van der Waals surface area contributed by atoms with Crippen molar-refractivity contribution in [1.29, 1.82) is 5.26 Å². The van der Waals surface area contributed by atoms with Gasteiger partial charge in [0.2, 0.25) is 0 Å². The molecule has 0 aliphatic rings. The zero-order valence-corrected chi connectivity index (χ0v) is 6.74. The minimum Gasteiger partial charge on any atom is -0.192 e. The summed E-state index contributed by atoms with van der Waals surface area (Å²) in [4.78, 5) is 0.872. The maximum Gasteiger partial charge on any atom is 0.0991 e. The Morgan fingerprint density at radius 3 is 2.60 bits per heavy atom. The van der Waals surface area contributed by atoms with Gasteiger partial charge in [-0.1, -0.05) is 19.2 Å². The van der Waals surface area contributed by atoms with E-state index in [1.54, 1.807) is 6.08 Å². The lowest BCUT2D eigenvalue weighted by Crippen LogP contribution is -1.71. The largest absolute Gasteiger partial charge is 0.192 e. The van der Waals surface area contributed by atoms with Crippen molar-refractivity contribution in [2.45, 2.75) is 0 Å². The van der Waals surface area contributed by atoms with Crippen molar-refractivity contribution in [3.63, 3.8) is 0 Å². The lowest BCUT2D eigenvalue weighted by molar-refractivity contribution is 1.50. The Labute approximate surface area is 65.7 Å². The Balaban J connectivity index is 4.28. The zero-order valence-electron chi connectivity index (χ0n) is 5.92. The van der Waals surface area contributed by atoms with Crippen molar-refractivity contribution in [2.24, 2.45) is 0 Å². The highest BCUT2D eigenvalue weighted by Gasteiger charge is 1.88. The van der Waals surface area contributed by atoms with Crippen LogP contribution in [0.15, 0.2) is 35.8 Å². The first-order valence-electron chi connectivity index (χ1n) is 2.71. The fourth-order valence-electron chi connectivity index (χ4n) is 0.369.